The Morgan fingerprint density at radius 1 is 1.16 bits per heavy atom. The van der Waals surface area contributed by atoms with E-state index in [0.717, 1.165) is 34.4 Å². The van der Waals surface area contributed by atoms with Crippen molar-refractivity contribution in [3.05, 3.63) is 70.6 Å². The topological polar surface area (TPSA) is 97.0 Å². The van der Waals surface area contributed by atoms with Gasteiger partial charge in [-0.25, -0.2) is 15.0 Å². The molecular formula is C22H21N9S. The van der Waals surface area contributed by atoms with Gasteiger partial charge in [0.1, 0.15) is 28.9 Å². The molecule has 0 amide bonds. The molecule has 160 valence electrons. The van der Waals surface area contributed by atoms with Crippen LogP contribution in [0.5, 0.6) is 0 Å². The molecule has 2 aliphatic heterocycles. The van der Waals surface area contributed by atoms with Crippen molar-refractivity contribution in [2.75, 3.05) is 4.90 Å². The molecule has 0 radical (unpaired) electrons. The van der Waals surface area contributed by atoms with Gasteiger partial charge in [0.05, 0.1) is 18.2 Å². The van der Waals surface area contributed by atoms with Gasteiger partial charge in [-0.3, -0.25) is 9.99 Å². The smallest absolute Gasteiger partial charge is 0.161 e. The number of nitrogens with one attached hydrogen (secondary N) is 1. The highest BCUT2D eigenvalue weighted by Crippen LogP contribution is 2.43. The molecule has 4 aromatic rings. The average molecular weight is 444 g/mol. The molecule has 10 heteroatoms. The molecule has 32 heavy (non-hydrogen) atoms. The molecule has 2 aliphatic rings. The summed E-state index contributed by atoms with van der Waals surface area (Å²) in [6, 6.07) is 8.45. The number of thiazole rings is 1. The van der Waals surface area contributed by atoms with Gasteiger partial charge in [0.25, 0.3) is 0 Å². The fourth-order valence-electron chi connectivity index (χ4n) is 4.36. The molecule has 0 spiro atoms. The summed E-state index contributed by atoms with van der Waals surface area (Å²) in [6.07, 6.45) is 8.14. The van der Waals surface area contributed by atoms with Gasteiger partial charge < -0.3 is 4.90 Å². The molecule has 0 aliphatic carbocycles. The van der Waals surface area contributed by atoms with Crippen molar-refractivity contribution in [3.63, 3.8) is 0 Å². The Morgan fingerprint density at radius 3 is 2.81 bits per heavy atom. The van der Waals surface area contributed by atoms with Gasteiger partial charge in [-0.2, -0.15) is 5.10 Å². The summed E-state index contributed by atoms with van der Waals surface area (Å²) in [7, 11) is 0. The van der Waals surface area contributed by atoms with E-state index in [-0.39, 0.29) is 18.0 Å². The minimum atomic E-state index is -0.103. The van der Waals surface area contributed by atoms with Crippen molar-refractivity contribution in [1.82, 2.24) is 35.1 Å². The Bertz CT molecular complexity index is 1280. The summed E-state index contributed by atoms with van der Waals surface area (Å²) < 4.78 is 2.00. The molecule has 0 saturated carbocycles. The first-order valence-electron chi connectivity index (χ1n) is 10.6. The maximum atomic E-state index is 5.10. The zero-order valence-electron chi connectivity index (χ0n) is 17.6. The minimum Gasteiger partial charge on any atom is -0.314 e. The van der Waals surface area contributed by atoms with Crippen LogP contribution in [0.1, 0.15) is 53.6 Å². The van der Waals surface area contributed by atoms with Crippen LogP contribution in [0.25, 0.3) is 5.69 Å². The third kappa shape index (κ3) is 2.90. The number of aryl methyl sites for hydroxylation is 1. The zero-order chi connectivity index (χ0) is 21.7. The first-order valence-corrected chi connectivity index (χ1v) is 11.4. The van der Waals surface area contributed by atoms with Gasteiger partial charge in [-0.1, -0.05) is 24.6 Å². The van der Waals surface area contributed by atoms with Crippen molar-refractivity contribution >= 4 is 29.1 Å². The number of nitrogens with zero attached hydrogens (tertiary/aromatic N) is 8. The zero-order valence-corrected chi connectivity index (χ0v) is 18.4. The molecule has 1 aromatic carbocycles. The van der Waals surface area contributed by atoms with Crippen LogP contribution in [0.2, 0.25) is 0 Å². The van der Waals surface area contributed by atoms with Crippen molar-refractivity contribution in [2.24, 2.45) is 5.10 Å². The van der Waals surface area contributed by atoms with Crippen LogP contribution in [0.3, 0.4) is 0 Å². The SMILES string of the molecule is CCC1c2nncn2-c2cnc(C3C=NNC3c3nccs3)nc2N1c1ccc(C)cc1. The van der Waals surface area contributed by atoms with Crippen LogP contribution >= 0.6 is 11.3 Å². The first-order chi connectivity index (χ1) is 15.7. The van der Waals surface area contributed by atoms with E-state index in [0.29, 0.717) is 5.82 Å². The summed E-state index contributed by atoms with van der Waals surface area (Å²) in [4.78, 5) is 16.6. The number of fused-ring (bicyclic) bond motifs is 3. The summed E-state index contributed by atoms with van der Waals surface area (Å²) in [6.45, 7) is 4.25. The Labute approximate surface area is 188 Å². The number of hydrogen-bond donors (Lipinski definition) is 1. The Kier molecular flexibility index (Phi) is 4.46. The molecular weight excluding hydrogens is 422 g/mol. The fourth-order valence-corrected chi connectivity index (χ4v) is 5.09. The van der Waals surface area contributed by atoms with Crippen LogP contribution in [-0.4, -0.2) is 35.9 Å². The maximum Gasteiger partial charge on any atom is 0.161 e. The Morgan fingerprint density at radius 2 is 2.03 bits per heavy atom. The van der Waals surface area contributed by atoms with Gasteiger partial charge in [0.2, 0.25) is 0 Å². The van der Waals surface area contributed by atoms with Crippen molar-refractivity contribution in [2.45, 2.75) is 38.3 Å². The van der Waals surface area contributed by atoms with Crippen molar-refractivity contribution < 1.29 is 0 Å². The lowest BCUT2D eigenvalue weighted by Gasteiger charge is -2.37. The van der Waals surface area contributed by atoms with Crippen LogP contribution < -0.4 is 10.3 Å². The normalized spacial score (nSPS) is 21.3. The third-order valence-electron chi connectivity index (χ3n) is 5.96. The lowest BCUT2D eigenvalue weighted by molar-refractivity contribution is 0.549. The summed E-state index contributed by atoms with van der Waals surface area (Å²) in [5.41, 5.74) is 6.32. The molecule has 0 fully saturated rings. The molecule has 3 atom stereocenters. The fraction of sp³-hybridized carbons (Fsp3) is 0.273. The van der Waals surface area contributed by atoms with Gasteiger partial charge in [0, 0.05) is 23.5 Å². The van der Waals surface area contributed by atoms with Gasteiger partial charge in [-0.05, 0) is 25.5 Å². The summed E-state index contributed by atoms with van der Waals surface area (Å²) in [5.74, 6) is 2.34. The number of aromatic nitrogens is 6. The molecule has 9 nitrogen and oxygen atoms in total. The lowest BCUT2D eigenvalue weighted by atomic mass is 10.0. The van der Waals surface area contributed by atoms with E-state index in [9.17, 15) is 0 Å². The molecule has 6 rings (SSSR count). The highest BCUT2D eigenvalue weighted by molar-refractivity contribution is 7.09. The first kappa shape index (κ1) is 19.1. The quantitative estimate of drug-likeness (QED) is 0.512. The highest BCUT2D eigenvalue weighted by atomic mass is 32.1. The van der Waals surface area contributed by atoms with E-state index in [1.807, 2.05) is 28.6 Å². The highest BCUT2D eigenvalue weighted by Gasteiger charge is 2.37. The second-order valence-electron chi connectivity index (χ2n) is 7.91. The van der Waals surface area contributed by atoms with E-state index in [1.54, 1.807) is 17.7 Å². The summed E-state index contributed by atoms with van der Waals surface area (Å²) >= 11 is 1.60. The molecule has 1 N–H and O–H groups in total. The van der Waals surface area contributed by atoms with Crippen LogP contribution in [0, 0.1) is 6.92 Å². The largest absolute Gasteiger partial charge is 0.314 e. The predicted octanol–water partition coefficient (Wildman–Crippen LogP) is 3.84. The monoisotopic (exact) mass is 443 g/mol. The lowest BCUT2D eigenvalue weighted by Crippen LogP contribution is -2.33. The van der Waals surface area contributed by atoms with Crippen LogP contribution in [0.15, 0.2) is 53.5 Å². The van der Waals surface area contributed by atoms with Crippen LogP contribution in [-0.2, 0) is 0 Å². The van der Waals surface area contributed by atoms with E-state index in [2.05, 4.69) is 68.7 Å². The Hall–Kier alpha value is -3.66. The van der Waals surface area contributed by atoms with E-state index in [4.69, 9.17) is 9.97 Å². The minimum absolute atomic E-state index is 0.0144. The predicted molar refractivity (Wildman–Crippen MR) is 123 cm³/mol. The molecule has 0 saturated heterocycles. The molecule has 3 unspecified atom stereocenters. The summed E-state index contributed by atoms with van der Waals surface area (Å²) in [5, 5.41) is 15.9. The number of rotatable bonds is 4. The van der Waals surface area contributed by atoms with Gasteiger partial charge in [-0.15, -0.1) is 21.5 Å². The second-order valence-corrected chi connectivity index (χ2v) is 8.83. The number of hydrazone groups is 1. The van der Waals surface area contributed by atoms with Crippen LogP contribution in [0.4, 0.5) is 11.5 Å². The van der Waals surface area contributed by atoms with Gasteiger partial charge in [0.15, 0.2) is 11.6 Å². The Balaban J connectivity index is 1.50. The van der Waals surface area contributed by atoms with E-state index < -0.39 is 0 Å². The molecule has 5 heterocycles. The van der Waals surface area contributed by atoms with Crippen molar-refractivity contribution in [1.29, 1.82) is 0 Å². The molecule has 3 aromatic heterocycles. The standard InChI is InChI=1S/C22H21N9S/c1-3-16-21-29-26-12-30(21)17-11-24-19(15-10-25-28-18(15)22-23-8-9-32-22)27-20(17)31(16)14-6-4-13(2)5-7-14/h4-12,15-16,18,28H,3H2,1-2H3. The maximum absolute atomic E-state index is 5.10. The van der Waals surface area contributed by atoms with Crippen molar-refractivity contribution in [3.8, 4) is 5.69 Å². The number of anilines is 2. The number of hydrogen-bond acceptors (Lipinski definition) is 9. The second kappa shape index (κ2) is 7.49. The van der Waals surface area contributed by atoms with E-state index in [1.165, 1.54) is 5.56 Å². The number of benzene rings is 1. The molecule has 0 bridgehead atoms. The van der Waals surface area contributed by atoms with E-state index >= 15 is 0 Å². The average Bonchev–Trinajstić information content (AvgIpc) is 3.59. The third-order valence-corrected chi connectivity index (χ3v) is 6.82. The van der Waals surface area contributed by atoms with Gasteiger partial charge >= 0.3 is 0 Å².